The van der Waals surface area contributed by atoms with Gasteiger partial charge < -0.3 is 4.90 Å². The summed E-state index contributed by atoms with van der Waals surface area (Å²) >= 11 is 0. The lowest BCUT2D eigenvalue weighted by molar-refractivity contribution is -0.385. The number of benzene rings is 2. The third-order valence-corrected chi connectivity index (χ3v) is 6.82. The second-order valence-corrected chi connectivity index (χ2v) is 8.28. The summed E-state index contributed by atoms with van der Waals surface area (Å²) in [5.74, 6) is 0. The average molecular weight is 375 g/mol. The number of nitro benzene ring substituents is 1. The van der Waals surface area contributed by atoms with Gasteiger partial charge in [-0.05, 0) is 37.1 Å². The number of piperazine rings is 1. The zero-order valence-electron chi connectivity index (χ0n) is 14.8. The normalized spacial score (nSPS) is 15.8. The van der Waals surface area contributed by atoms with Crippen molar-refractivity contribution in [2.45, 2.75) is 18.7 Å². The largest absolute Gasteiger partial charge is 0.369 e. The Balaban J connectivity index is 1.85. The molecule has 7 nitrogen and oxygen atoms in total. The van der Waals surface area contributed by atoms with Gasteiger partial charge >= 0.3 is 0 Å². The molecule has 2 aromatic rings. The lowest BCUT2D eigenvalue weighted by Crippen LogP contribution is -2.48. The molecule has 1 saturated heterocycles. The Morgan fingerprint density at radius 2 is 1.62 bits per heavy atom. The monoisotopic (exact) mass is 375 g/mol. The number of aryl methyl sites for hydroxylation is 1. The first kappa shape index (κ1) is 18.3. The van der Waals surface area contributed by atoms with Crippen LogP contribution in [0, 0.1) is 24.0 Å². The smallest absolute Gasteiger partial charge is 0.271 e. The van der Waals surface area contributed by atoms with Gasteiger partial charge in [0.2, 0.25) is 10.0 Å². The van der Waals surface area contributed by atoms with Crippen LogP contribution in [0.15, 0.2) is 47.4 Å². The van der Waals surface area contributed by atoms with Crippen LogP contribution in [0.3, 0.4) is 0 Å². The van der Waals surface area contributed by atoms with Crippen LogP contribution in [0.2, 0.25) is 0 Å². The van der Waals surface area contributed by atoms with E-state index in [1.54, 1.807) is 13.8 Å². The van der Waals surface area contributed by atoms with Crippen LogP contribution in [0.25, 0.3) is 0 Å². The highest BCUT2D eigenvalue weighted by Gasteiger charge is 2.31. The molecule has 1 heterocycles. The van der Waals surface area contributed by atoms with Gasteiger partial charge in [0.1, 0.15) is 0 Å². The topological polar surface area (TPSA) is 83.8 Å². The van der Waals surface area contributed by atoms with Crippen molar-refractivity contribution in [2.75, 3.05) is 31.1 Å². The first-order chi connectivity index (χ1) is 12.3. The predicted octanol–water partition coefficient (Wildman–Crippen LogP) is 2.72. The number of rotatable bonds is 4. The predicted molar refractivity (Wildman–Crippen MR) is 100.0 cm³/mol. The fraction of sp³-hybridized carbons (Fsp3) is 0.333. The van der Waals surface area contributed by atoms with Gasteiger partial charge in [0.05, 0.1) is 9.82 Å². The minimum Gasteiger partial charge on any atom is -0.369 e. The molecule has 0 unspecified atom stereocenters. The van der Waals surface area contributed by atoms with Crippen LogP contribution in [-0.4, -0.2) is 43.8 Å². The van der Waals surface area contributed by atoms with E-state index in [0.717, 1.165) is 5.69 Å². The number of nitro groups is 1. The molecule has 0 N–H and O–H groups in total. The Bertz CT molecular complexity index is 921. The van der Waals surface area contributed by atoms with E-state index >= 15 is 0 Å². The van der Waals surface area contributed by atoms with E-state index < -0.39 is 14.9 Å². The molecule has 3 rings (SSSR count). The number of anilines is 1. The van der Waals surface area contributed by atoms with Crippen LogP contribution in [0.4, 0.5) is 11.4 Å². The van der Waals surface area contributed by atoms with Gasteiger partial charge in [-0.2, -0.15) is 4.31 Å². The number of para-hydroxylation sites is 1. The molecule has 0 atom stereocenters. The van der Waals surface area contributed by atoms with Crippen LogP contribution in [0.5, 0.6) is 0 Å². The van der Waals surface area contributed by atoms with Crippen molar-refractivity contribution in [3.8, 4) is 0 Å². The molecule has 1 aliphatic heterocycles. The Hall–Kier alpha value is -2.45. The Labute approximate surface area is 153 Å². The van der Waals surface area contributed by atoms with E-state index in [9.17, 15) is 18.5 Å². The van der Waals surface area contributed by atoms with Crippen LogP contribution in [0.1, 0.15) is 11.1 Å². The second kappa shape index (κ2) is 7.05. The van der Waals surface area contributed by atoms with Crippen LogP contribution >= 0.6 is 0 Å². The van der Waals surface area contributed by atoms with E-state index in [1.165, 1.54) is 16.4 Å². The summed E-state index contributed by atoms with van der Waals surface area (Å²) in [5.41, 5.74) is 2.02. The van der Waals surface area contributed by atoms with Crippen molar-refractivity contribution >= 4 is 21.4 Å². The number of non-ortho nitro benzene ring substituents is 1. The van der Waals surface area contributed by atoms with E-state index in [1.807, 2.05) is 30.3 Å². The minimum atomic E-state index is -3.77. The molecule has 1 fully saturated rings. The highest BCUT2D eigenvalue weighted by atomic mass is 32.2. The maximum Gasteiger partial charge on any atom is 0.271 e. The molecule has 0 amide bonds. The number of nitrogens with zero attached hydrogens (tertiary/aromatic N) is 3. The highest BCUT2D eigenvalue weighted by Crippen LogP contribution is 2.28. The summed E-state index contributed by atoms with van der Waals surface area (Å²) in [7, 11) is -3.77. The Kier molecular flexibility index (Phi) is 4.97. The average Bonchev–Trinajstić information content (AvgIpc) is 2.64. The summed E-state index contributed by atoms with van der Waals surface area (Å²) < 4.78 is 27.5. The first-order valence-corrected chi connectivity index (χ1v) is 9.80. The lowest BCUT2D eigenvalue weighted by Gasteiger charge is -2.35. The van der Waals surface area contributed by atoms with Gasteiger partial charge in [-0.15, -0.1) is 0 Å². The van der Waals surface area contributed by atoms with Gasteiger partial charge in [0.15, 0.2) is 0 Å². The van der Waals surface area contributed by atoms with Crippen molar-refractivity contribution < 1.29 is 13.3 Å². The molecule has 138 valence electrons. The van der Waals surface area contributed by atoms with Gasteiger partial charge in [-0.3, -0.25) is 10.1 Å². The van der Waals surface area contributed by atoms with Crippen LogP contribution in [-0.2, 0) is 10.0 Å². The molecule has 2 aromatic carbocycles. The van der Waals surface area contributed by atoms with Gasteiger partial charge in [0.25, 0.3) is 5.69 Å². The molecule has 0 aromatic heterocycles. The maximum absolute atomic E-state index is 13.1. The molecule has 1 aliphatic rings. The molecule has 0 radical (unpaired) electrons. The van der Waals surface area contributed by atoms with Crippen molar-refractivity contribution in [2.24, 2.45) is 0 Å². The molecular weight excluding hydrogens is 354 g/mol. The third kappa shape index (κ3) is 3.42. The number of sulfonamides is 1. The first-order valence-electron chi connectivity index (χ1n) is 8.36. The molecule has 8 heteroatoms. The summed E-state index contributed by atoms with van der Waals surface area (Å²) in [6.45, 7) is 5.23. The fourth-order valence-corrected chi connectivity index (χ4v) is 4.89. The van der Waals surface area contributed by atoms with Gasteiger partial charge in [-0.25, -0.2) is 8.42 Å². The summed E-state index contributed by atoms with van der Waals surface area (Å²) in [5, 5.41) is 11.1. The van der Waals surface area contributed by atoms with Crippen molar-refractivity contribution in [1.29, 1.82) is 0 Å². The molecule has 0 aliphatic carbocycles. The number of hydrogen-bond acceptors (Lipinski definition) is 5. The van der Waals surface area contributed by atoms with E-state index in [4.69, 9.17) is 0 Å². The summed E-state index contributed by atoms with van der Waals surface area (Å²) in [6, 6.07) is 12.4. The molecule has 26 heavy (non-hydrogen) atoms. The van der Waals surface area contributed by atoms with E-state index in [-0.39, 0.29) is 10.6 Å². The SMILES string of the molecule is Cc1cc([N+](=O)[O-])cc(S(=O)(=O)N2CCN(c3ccccc3)CC2)c1C. The van der Waals surface area contributed by atoms with Gasteiger partial charge in [0, 0.05) is 44.0 Å². The minimum absolute atomic E-state index is 0.0253. The standard InChI is InChI=1S/C18H21N3O4S/c1-14-12-17(21(22)23)13-18(15(14)2)26(24,25)20-10-8-19(9-11-20)16-6-4-3-5-7-16/h3-7,12-13H,8-11H2,1-2H3. The molecule has 0 saturated carbocycles. The van der Waals surface area contributed by atoms with Crippen LogP contribution < -0.4 is 4.90 Å². The zero-order valence-corrected chi connectivity index (χ0v) is 15.6. The Morgan fingerprint density at radius 1 is 1.00 bits per heavy atom. The second-order valence-electron chi connectivity index (χ2n) is 6.37. The van der Waals surface area contributed by atoms with Crippen molar-refractivity contribution in [3.63, 3.8) is 0 Å². The maximum atomic E-state index is 13.1. The molecule has 0 bridgehead atoms. The third-order valence-electron chi connectivity index (χ3n) is 4.79. The van der Waals surface area contributed by atoms with Crippen molar-refractivity contribution in [3.05, 3.63) is 63.7 Å². The fourth-order valence-electron chi connectivity index (χ4n) is 3.15. The van der Waals surface area contributed by atoms with E-state index in [0.29, 0.717) is 37.3 Å². The van der Waals surface area contributed by atoms with Crippen molar-refractivity contribution in [1.82, 2.24) is 4.31 Å². The molecular formula is C18H21N3O4S. The zero-order chi connectivity index (χ0) is 18.9. The summed E-state index contributed by atoms with van der Waals surface area (Å²) in [4.78, 5) is 12.7. The quantitative estimate of drug-likeness (QED) is 0.606. The highest BCUT2D eigenvalue weighted by molar-refractivity contribution is 7.89. The van der Waals surface area contributed by atoms with E-state index in [2.05, 4.69) is 4.90 Å². The van der Waals surface area contributed by atoms with Gasteiger partial charge in [-0.1, -0.05) is 18.2 Å². The molecule has 0 spiro atoms. The lowest BCUT2D eigenvalue weighted by atomic mass is 10.1. The summed E-state index contributed by atoms with van der Waals surface area (Å²) in [6.07, 6.45) is 0. The Morgan fingerprint density at radius 3 is 2.19 bits per heavy atom. The number of hydrogen-bond donors (Lipinski definition) is 0.